The van der Waals surface area contributed by atoms with E-state index in [-0.39, 0.29) is 0 Å². The van der Waals surface area contributed by atoms with Crippen molar-refractivity contribution in [2.24, 2.45) is 0 Å². The van der Waals surface area contributed by atoms with E-state index in [0.717, 1.165) is 6.92 Å². The topological polar surface area (TPSA) is 60.4 Å². The summed E-state index contributed by atoms with van der Waals surface area (Å²) in [5.74, 6) is -0.688. The lowest BCUT2D eigenvalue weighted by Gasteiger charge is -2.09. The average Bonchev–Trinajstić information content (AvgIpc) is 1.83. The zero-order valence-electron chi connectivity index (χ0n) is 6.17. The highest BCUT2D eigenvalue weighted by molar-refractivity contribution is 6.66. The van der Waals surface area contributed by atoms with Gasteiger partial charge in [-0.3, -0.25) is 14.4 Å². The van der Waals surface area contributed by atoms with Gasteiger partial charge in [0.15, 0.2) is 6.10 Å². The van der Waals surface area contributed by atoms with Gasteiger partial charge in [0, 0.05) is 6.92 Å². The number of hydrogen-bond acceptors (Lipinski definition) is 4. The second-order valence-electron chi connectivity index (χ2n) is 1.96. The minimum absolute atomic E-state index is 0.399. The van der Waals surface area contributed by atoms with Crippen molar-refractivity contribution in [1.82, 2.24) is 0 Å². The first-order valence-corrected chi connectivity index (χ1v) is 3.74. The molecule has 0 bridgehead atoms. The van der Waals surface area contributed by atoms with E-state index in [9.17, 15) is 14.4 Å². The van der Waals surface area contributed by atoms with Crippen molar-refractivity contribution in [2.75, 3.05) is 0 Å². The molecule has 0 aliphatic heterocycles. The van der Waals surface area contributed by atoms with Crippen LogP contribution in [0, 0.1) is 0 Å². The molecule has 12 heavy (non-hydrogen) atoms. The summed E-state index contributed by atoms with van der Waals surface area (Å²) in [7, 11) is 0. The minimum Gasteiger partial charge on any atom is -0.453 e. The molecule has 0 aliphatic carbocycles. The fourth-order valence-electron chi connectivity index (χ4n) is 0.514. The molecule has 0 rings (SSSR count). The summed E-state index contributed by atoms with van der Waals surface area (Å²) in [6.07, 6.45) is -1.67. The van der Waals surface area contributed by atoms with Crippen LogP contribution in [-0.2, 0) is 19.1 Å². The predicted octanol–water partition coefficient (Wildman–Crippen LogP) is 0.839. The standard InChI is InChI=1S/C6H6Cl2O4/c1-3(9)12-4(6(8)11)2-5(7)10/h4H,2H2,1H3. The monoisotopic (exact) mass is 212 g/mol. The van der Waals surface area contributed by atoms with E-state index < -0.39 is 29.0 Å². The molecule has 1 unspecified atom stereocenters. The van der Waals surface area contributed by atoms with Gasteiger partial charge in [-0.25, -0.2) is 0 Å². The van der Waals surface area contributed by atoms with Crippen molar-refractivity contribution >= 4 is 39.7 Å². The highest BCUT2D eigenvalue weighted by Crippen LogP contribution is 2.06. The van der Waals surface area contributed by atoms with Crippen LogP contribution in [0.3, 0.4) is 0 Å². The Balaban J connectivity index is 4.14. The number of esters is 1. The van der Waals surface area contributed by atoms with Crippen LogP contribution in [0.2, 0.25) is 0 Å². The van der Waals surface area contributed by atoms with E-state index in [1.165, 1.54) is 0 Å². The van der Waals surface area contributed by atoms with Crippen LogP contribution >= 0.6 is 23.2 Å². The molecule has 0 aliphatic rings. The van der Waals surface area contributed by atoms with Gasteiger partial charge in [-0.2, -0.15) is 0 Å². The van der Waals surface area contributed by atoms with Gasteiger partial charge in [-0.05, 0) is 23.2 Å². The van der Waals surface area contributed by atoms with Crippen molar-refractivity contribution in [3.63, 3.8) is 0 Å². The normalized spacial score (nSPS) is 11.9. The summed E-state index contributed by atoms with van der Waals surface area (Å²) < 4.78 is 4.40. The Labute approximate surface area is 78.8 Å². The number of carbonyl (C=O) groups excluding carboxylic acids is 3. The van der Waals surface area contributed by atoms with Crippen molar-refractivity contribution in [3.05, 3.63) is 0 Å². The van der Waals surface area contributed by atoms with Crippen LogP contribution in [0.1, 0.15) is 13.3 Å². The first-order valence-electron chi connectivity index (χ1n) is 2.98. The molecular formula is C6H6Cl2O4. The van der Waals surface area contributed by atoms with Crippen molar-refractivity contribution in [1.29, 1.82) is 0 Å². The van der Waals surface area contributed by atoms with Crippen LogP contribution in [0.25, 0.3) is 0 Å². The molecule has 0 aromatic heterocycles. The molecule has 0 heterocycles. The quantitative estimate of drug-likeness (QED) is 0.512. The Morgan fingerprint density at radius 1 is 1.33 bits per heavy atom. The molecule has 0 spiro atoms. The number of hydrogen-bond donors (Lipinski definition) is 0. The molecule has 0 saturated carbocycles. The molecular weight excluding hydrogens is 207 g/mol. The van der Waals surface area contributed by atoms with Crippen molar-refractivity contribution in [2.45, 2.75) is 19.4 Å². The van der Waals surface area contributed by atoms with E-state index >= 15 is 0 Å². The molecule has 0 saturated heterocycles. The molecule has 0 aromatic rings. The Morgan fingerprint density at radius 3 is 2.08 bits per heavy atom. The van der Waals surface area contributed by atoms with Gasteiger partial charge in [0.2, 0.25) is 5.24 Å². The molecule has 6 heteroatoms. The summed E-state index contributed by atoms with van der Waals surface area (Å²) in [5, 5.41) is -1.70. The third-order valence-corrected chi connectivity index (χ3v) is 1.30. The second-order valence-corrected chi connectivity index (χ2v) is 2.76. The molecule has 0 fully saturated rings. The van der Waals surface area contributed by atoms with Crippen molar-refractivity contribution < 1.29 is 19.1 Å². The summed E-state index contributed by atoms with van der Waals surface area (Å²) in [6, 6.07) is 0. The zero-order chi connectivity index (χ0) is 9.72. The fourth-order valence-corrected chi connectivity index (χ4v) is 0.776. The first-order chi connectivity index (χ1) is 5.43. The summed E-state index contributed by atoms with van der Waals surface area (Å²) >= 11 is 9.96. The van der Waals surface area contributed by atoms with Gasteiger partial charge >= 0.3 is 5.97 Å². The van der Waals surface area contributed by atoms with Crippen LogP contribution < -0.4 is 0 Å². The van der Waals surface area contributed by atoms with E-state index in [1.807, 2.05) is 0 Å². The Morgan fingerprint density at radius 2 is 1.83 bits per heavy atom. The van der Waals surface area contributed by atoms with Gasteiger partial charge < -0.3 is 4.74 Å². The maximum Gasteiger partial charge on any atom is 0.303 e. The fraction of sp³-hybridized carbons (Fsp3) is 0.500. The molecule has 1 atom stereocenters. The highest BCUT2D eigenvalue weighted by atomic mass is 35.5. The van der Waals surface area contributed by atoms with Gasteiger partial charge in [0.1, 0.15) is 0 Å². The largest absolute Gasteiger partial charge is 0.453 e. The summed E-state index contributed by atoms with van der Waals surface area (Å²) in [6.45, 7) is 1.10. The van der Waals surface area contributed by atoms with Crippen LogP contribution in [0.15, 0.2) is 0 Å². The summed E-state index contributed by atoms with van der Waals surface area (Å²) in [5.41, 5.74) is 0. The second kappa shape index (κ2) is 5.11. The lowest BCUT2D eigenvalue weighted by Crippen LogP contribution is -2.24. The lowest BCUT2D eigenvalue weighted by molar-refractivity contribution is -0.151. The molecule has 0 amide bonds. The maximum absolute atomic E-state index is 10.5. The van der Waals surface area contributed by atoms with E-state index in [1.54, 1.807) is 0 Å². The van der Waals surface area contributed by atoms with Crippen LogP contribution in [0.4, 0.5) is 0 Å². The zero-order valence-corrected chi connectivity index (χ0v) is 7.69. The SMILES string of the molecule is CC(=O)OC(CC(=O)Cl)C(=O)Cl. The Hall–Kier alpha value is -0.610. The Kier molecular flexibility index (Phi) is 4.85. The van der Waals surface area contributed by atoms with Gasteiger partial charge in [-0.15, -0.1) is 0 Å². The molecule has 0 aromatic carbocycles. The van der Waals surface area contributed by atoms with Crippen LogP contribution in [-0.4, -0.2) is 22.6 Å². The minimum atomic E-state index is -1.27. The van der Waals surface area contributed by atoms with Crippen molar-refractivity contribution in [3.8, 4) is 0 Å². The number of ether oxygens (including phenoxy) is 1. The molecule has 0 radical (unpaired) electrons. The molecule has 68 valence electrons. The number of rotatable bonds is 4. The third kappa shape index (κ3) is 5.09. The molecule has 0 N–H and O–H groups in total. The highest BCUT2D eigenvalue weighted by Gasteiger charge is 2.21. The van der Waals surface area contributed by atoms with E-state index in [4.69, 9.17) is 23.2 Å². The average molecular weight is 213 g/mol. The number of carbonyl (C=O) groups is 3. The van der Waals surface area contributed by atoms with E-state index in [2.05, 4.69) is 4.74 Å². The van der Waals surface area contributed by atoms with Crippen LogP contribution in [0.5, 0.6) is 0 Å². The van der Waals surface area contributed by atoms with Gasteiger partial charge in [-0.1, -0.05) is 0 Å². The van der Waals surface area contributed by atoms with Gasteiger partial charge in [0.25, 0.3) is 5.24 Å². The predicted molar refractivity (Wildman–Crippen MR) is 41.9 cm³/mol. The third-order valence-electron chi connectivity index (χ3n) is 0.907. The first kappa shape index (κ1) is 11.4. The molecule has 4 nitrogen and oxygen atoms in total. The lowest BCUT2D eigenvalue weighted by atomic mass is 10.3. The summed E-state index contributed by atoms with van der Waals surface area (Å²) in [4.78, 5) is 31.1. The van der Waals surface area contributed by atoms with Gasteiger partial charge in [0.05, 0.1) is 6.42 Å². The number of halogens is 2. The maximum atomic E-state index is 10.5. The Bertz CT molecular complexity index is 198. The van der Waals surface area contributed by atoms with E-state index in [0.29, 0.717) is 0 Å². The smallest absolute Gasteiger partial charge is 0.303 e.